The van der Waals surface area contributed by atoms with Crippen LogP contribution in [-0.4, -0.2) is 80.3 Å². The second-order valence-electron chi connectivity index (χ2n) is 9.20. The molecule has 204 valence electrons. The highest BCUT2D eigenvalue weighted by Crippen LogP contribution is 2.32. The summed E-state index contributed by atoms with van der Waals surface area (Å²) in [6.07, 6.45) is 2.72. The van der Waals surface area contributed by atoms with Crippen LogP contribution in [0.4, 0.5) is 10.6 Å². The zero-order valence-corrected chi connectivity index (χ0v) is 20.2. The second-order valence-corrected chi connectivity index (χ2v) is 9.20. The lowest BCUT2D eigenvalue weighted by Gasteiger charge is -2.25. The Morgan fingerprint density at radius 3 is 2.59 bits per heavy atom. The summed E-state index contributed by atoms with van der Waals surface area (Å²) < 4.78 is 11.3. The molecule has 37 heavy (non-hydrogen) atoms. The molecule has 0 radical (unpaired) electrons. The number of nitrogens with one attached hydrogen (secondary N) is 2. The number of carbonyl (C=O) groups is 3. The van der Waals surface area contributed by atoms with E-state index < -0.39 is 67.4 Å². The standard InChI is InChI=1S/C23H33N5O9/c1-12-18(30)16(10-29)37-20(12)28-8-7-17(26-22(28)34)27-23(35)36-11-15(21(32)33)25-19(31)14(24)9-13-5-3-2-4-6-13/h7-8,13-16,18,20,29-30H,1-6,9-11,24H2,(H,25,31)(H,32,33)(H,26,27,34,35)/t14-,15+,16+,18-,20+/m0/s1. The molecular formula is C23H33N5O9. The summed E-state index contributed by atoms with van der Waals surface area (Å²) in [5.74, 6) is -1.93. The number of aliphatic hydroxyl groups is 2. The van der Waals surface area contributed by atoms with Crippen LogP contribution in [-0.2, 0) is 19.1 Å². The van der Waals surface area contributed by atoms with Crippen molar-refractivity contribution in [1.29, 1.82) is 0 Å². The lowest BCUT2D eigenvalue weighted by molar-refractivity contribution is -0.143. The van der Waals surface area contributed by atoms with Gasteiger partial charge in [0.05, 0.1) is 12.6 Å². The zero-order chi connectivity index (χ0) is 27.1. The van der Waals surface area contributed by atoms with Gasteiger partial charge < -0.3 is 35.8 Å². The summed E-state index contributed by atoms with van der Waals surface area (Å²) in [5, 5.41) is 33.1. The number of aliphatic carboxylic acids is 1. The van der Waals surface area contributed by atoms with E-state index in [9.17, 15) is 34.5 Å². The molecule has 1 saturated heterocycles. The number of anilines is 1. The third-order valence-corrected chi connectivity index (χ3v) is 6.49. The SMILES string of the molecule is C=C1[C@H](n2ccc(NC(=O)OC[C@@H](NC(=O)[C@@H](N)CC3CCCCC3)C(=O)O)nc2=O)O[C@H](CO)[C@H]1O. The Balaban J connectivity index is 1.51. The smallest absolute Gasteiger partial charge is 0.412 e. The highest BCUT2D eigenvalue weighted by molar-refractivity contribution is 5.87. The number of rotatable bonds is 10. The number of aromatic nitrogens is 2. The number of amides is 2. The van der Waals surface area contributed by atoms with E-state index in [0.29, 0.717) is 12.3 Å². The fraction of sp³-hybridized carbons (Fsp3) is 0.609. The molecule has 2 heterocycles. The fourth-order valence-electron chi connectivity index (χ4n) is 4.40. The van der Waals surface area contributed by atoms with Gasteiger partial charge in [-0.15, -0.1) is 0 Å². The topological polar surface area (TPSA) is 215 Å². The first-order chi connectivity index (χ1) is 17.6. The van der Waals surface area contributed by atoms with Crippen molar-refractivity contribution in [1.82, 2.24) is 14.9 Å². The molecule has 2 fully saturated rings. The van der Waals surface area contributed by atoms with Gasteiger partial charge in [-0.25, -0.2) is 14.4 Å². The molecular weight excluding hydrogens is 490 g/mol. The molecule has 7 N–H and O–H groups in total. The average molecular weight is 524 g/mol. The summed E-state index contributed by atoms with van der Waals surface area (Å²) in [6.45, 7) is 2.51. The number of nitrogens with zero attached hydrogens (tertiary/aromatic N) is 2. The third-order valence-electron chi connectivity index (χ3n) is 6.49. The highest BCUT2D eigenvalue weighted by atomic mass is 16.6. The van der Waals surface area contributed by atoms with Crippen LogP contribution in [0.2, 0.25) is 0 Å². The van der Waals surface area contributed by atoms with Crippen LogP contribution < -0.4 is 22.1 Å². The summed E-state index contributed by atoms with van der Waals surface area (Å²) in [5.41, 5.74) is 5.26. The molecule has 1 aliphatic carbocycles. The van der Waals surface area contributed by atoms with Crippen LogP contribution in [0.25, 0.3) is 0 Å². The fourth-order valence-corrected chi connectivity index (χ4v) is 4.40. The normalized spacial score (nSPS) is 23.8. The minimum atomic E-state index is -1.52. The van der Waals surface area contributed by atoms with Crippen molar-refractivity contribution in [3.8, 4) is 0 Å². The van der Waals surface area contributed by atoms with Gasteiger partial charge in [0.15, 0.2) is 12.3 Å². The predicted molar refractivity (Wildman–Crippen MR) is 128 cm³/mol. The third kappa shape index (κ3) is 7.35. The first kappa shape index (κ1) is 28.2. The molecule has 5 atom stereocenters. The number of carbonyl (C=O) groups excluding carboxylic acids is 2. The molecule has 0 spiro atoms. The molecule has 1 saturated carbocycles. The van der Waals surface area contributed by atoms with Gasteiger partial charge in [0.1, 0.15) is 24.6 Å². The van der Waals surface area contributed by atoms with Crippen LogP contribution in [0.1, 0.15) is 44.8 Å². The monoisotopic (exact) mass is 523 g/mol. The maximum atomic E-state index is 12.4. The molecule has 0 aromatic carbocycles. The van der Waals surface area contributed by atoms with Gasteiger partial charge >= 0.3 is 17.8 Å². The first-order valence-corrected chi connectivity index (χ1v) is 12.1. The van der Waals surface area contributed by atoms with Crippen molar-refractivity contribution in [3.63, 3.8) is 0 Å². The molecule has 1 aromatic rings. The zero-order valence-electron chi connectivity index (χ0n) is 20.2. The average Bonchev–Trinajstić information content (AvgIpc) is 3.15. The summed E-state index contributed by atoms with van der Waals surface area (Å²) in [7, 11) is 0. The van der Waals surface area contributed by atoms with E-state index in [2.05, 4.69) is 22.2 Å². The van der Waals surface area contributed by atoms with Crippen molar-refractivity contribution in [3.05, 3.63) is 34.9 Å². The van der Waals surface area contributed by atoms with Gasteiger partial charge in [-0.05, 0) is 18.4 Å². The second kappa shape index (κ2) is 12.8. The molecule has 0 bridgehead atoms. The number of hydrogen-bond acceptors (Lipinski definition) is 10. The highest BCUT2D eigenvalue weighted by Gasteiger charge is 2.38. The maximum absolute atomic E-state index is 12.4. The Morgan fingerprint density at radius 2 is 2.00 bits per heavy atom. The molecule has 2 aliphatic rings. The maximum Gasteiger partial charge on any atom is 0.412 e. The first-order valence-electron chi connectivity index (χ1n) is 12.1. The largest absolute Gasteiger partial charge is 0.480 e. The van der Waals surface area contributed by atoms with E-state index in [-0.39, 0.29) is 11.4 Å². The molecule has 14 nitrogen and oxygen atoms in total. The summed E-state index contributed by atoms with van der Waals surface area (Å²) in [6, 6.07) is -1.14. The summed E-state index contributed by atoms with van der Waals surface area (Å²) >= 11 is 0. The van der Waals surface area contributed by atoms with E-state index in [1.807, 2.05) is 0 Å². The molecule has 1 aliphatic heterocycles. The van der Waals surface area contributed by atoms with Crippen molar-refractivity contribution in [2.45, 2.75) is 69.0 Å². The molecule has 14 heteroatoms. The quantitative estimate of drug-likeness (QED) is 0.214. The van der Waals surface area contributed by atoms with Crippen molar-refractivity contribution in [2.75, 3.05) is 18.5 Å². The Bertz CT molecular complexity index is 1060. The van der Waals surface area contributed by atoms with Crippen molar-refractivity contribution < 1.29 is 39.2 Å². The minimum Gasteiger partial charge on any atom is -0.480 e. The van der Waals surface area contributed by atoms with E-state index >= 15 is 0 Å². The number of aliphatic hydroxyl groups excluding tert-OH is 2. The van der Waals surface area contributed by atoms with Gasteiger partial charge in [0.25, 0.3) is 0 Å². The van der Waals surface area contributed by atoms with E-state index in [1.165, 1.54) is 12.3 Å². The van der Waals surface area contributed by atoms with Crippen LogP contribution in [0.15, 0.2) is 29.2 Å². The number of carboxylic acids is 1. The molecule has 2 amide bonds. The van der Waals surface area contributed by atoms with Gasteiger partial charge in [0.2, 0.25) is 5.91 Å². The number of hydrogen-bond donors (Lipinski definition) is 6. The van der Waals surface area contributed by atoms with Crippen molar-refractivity contribution in [2.24, 2.45) is 11.7 Å². The van der Waals surface area contributed by atoms with E-state index in [4.69, 9.17) is 15.2 Å². The van der Waals surface area contributed by atoms with Crippen LogP contribution in [0, 0.1) is 5.92 Å². The minimum absolute atomic E-state index is 0.156. The molecule has 3 rings (SSSR count). The Labute approximate surface area is 212 Å². The van der Waals surface area contributed by atoms with Gasteiger partial charge in [0, 0.05) is 11.8 Å². The lowest BCUT2D eigenvalue weighted by Crippen LogP contribution is -2.51. The van der Waals surface area contributed by atoms with Gasteiger partial charge in [-0.3, -0.25) is 14.7 Å². The Kier molecular flexibility index (Phi) is 9.74. The van der Waals surface area contributed by atoms with E-state index in [1.54, 1.807) is 0 Å². The molecule has 0 unspecified atom stereocenters. The van der Waals surface area contributed by atoms with Crippen LogP contribution in [0.3, 0.4) is 0 Å². The van der Waals surface area contributed by atoms with E-state index in [0.717, 1.165) is 36.7 Å². The number of nitrogens with two attached hydrogens (primary N) is 1. The predicted octanol–water partition coefficient (Wildman–Crippen LogP) is -0.534. The Morgan fingerprint density at radius 1 is 1.30 bits per heavy atom. The lowest BCUT2D eigenvalue weighted by atomic mass is 9.85. The Hall–Kier alpha value is -3.33. The van der Waals surface area contributed by atoms with Crippen LogP contribution in [0.5, 0.6) is 0 Å². The summed E-state index contributed by atoms with van der Waals surface area (Å²) in [4.78, 5) is 52.1. The number of ether oxygens (including phenoxy) is 2. The van der Waals surface area contributed by atoms with Gasteiger partial charge in [-0.1, -0.05) is 38.7 Å². The number of carboxylic acid groups (broad SMARTS) is 1. The van der Waals surface area contributed by atoms with Crippen molar-refractivity contribution >= 4 is 23.8 Å². The molecule has 1 aromatic heterocycles. The van der Waals surface area contributed by atoms with Crippen LogP contribution >= 0.6 is 0 Å². The van der Waals surface area contributed by atoms with Gasteiger partial charge in [-0.2, -0.15) is 4.98 Å².